The van der Waals surface area contributed by atoms with Crippen molar-refractivity contribution in [3.8, 4) is 0 Å². The van der Waals surface area contributed by atoms with Crippen molar-refractivity contribution in [1.82, 2.24) is 5.32 Å². The molecule has 1 unspecified atom stereocenters. The zero-order chi connectivity index (χ0) is 14.5. The largest absolute Gasteiger partial charge is 0.389 e. The number of carbonyl (C=O) groups excluding carboxylic acids is 1. The highest BCUT2D eigenvalue weighted by molar-refractivity contribution is 6.33. The summed E-state index contributed by atoms with van der Waals surface area (Å²) in [6, 6.07) is 4.03. The minimum absolute atomic E-state index is 0.00579. The number of benzene rings is 1. The molecule has 0 radical (unpaired) electrons. The second-order valence-corrected chi connectivity index (χ2v) is 5.35. The monoisotopic (exact) mass is 301 g/mol. The molecule has 1 fully saturated rings. The zero-order valence-corrected chi connectivity index (χ0v) is 11.7. The number of carbonyl (C=O) groups is 1. The van der Waals surface area contributed by atoms with Gasteiger partial charge >= 0.3 is 0 Å². The topological polar surface area (TPSA) is 58.6 Å². The minimum atomic E-state index is -0.816. The fourth-order valence-corrected chi connectivity index (χ4v) is 1.98. The van der Waals surface area contributed by atoms with Crippen LogP contribution in [0.15, 0.2) is 18.2 Å². The van der Waals surface area contributed by atoms with Crippen molar-refractivity contribution in [3.63, 3.8) is 0 Å². The van der Waals surface area contributed by atoms with E-state index in [9.17, 15) is 14.3 Å². The molecule has 1 aromatic carbocycles. The lowest BCUT2D eigenvalue weighted by atomic mass is 10.2. The molecule has 0 aliphatic heterocycles. The van der Waals surface area contributed by atoms with Crippen LogP contribution in [0.2, 0.25) is 5.02 Å². The van der Waals surface area contributed by atoms with E-state index in [4.69, 9.17) is 16.3 Å². The van der Waals surface area contributed by atoms with Gasteiger partial charge in [0.1, 0.15) is 5.82 Å². The number of rotatable bonds is 7. The van der Waals surface area contributed by atoms with Gasteiger partial charge in [-0.3, -0.25) is 4.79 Å². The smallest absolute Gasteiger partial charge is 0.255 e. The van der Waals surface area contributed by atoms with Crippen molar-refractivity contribution in [2.45, 2.75) is 18.9 Å². The fourth-order valence-electron chi connectivity index (χ4n) is 1.73. The Balaban J connectivity index is 1.76. The molecule has 1 atom stereocenters. The molecular weight excluding hydrogens is 285 g/mol. The molecular formula is C14H17ClFNO3. The number of ether oxygens (including phenoxy) is 1. The van der Waals surface area contributed by atoms with Gasteiger partial charge in [-0.25, -0.2) is 4.39 Å². The third kappa shape index (κ3) is 4.44. The first-order chi connectivity index (χ1) is 9.58. The van der Waals surface area contributed by atoms with Crippen molar-refractivity contribution < 1.29 is 19.0 Å². The average molecular weight is 302 g/mol. The van der Waals surface area contributed by atoms with Gasteiger partial charge in [0.25, 0.3) is 5.91 Å². The van der Waals surface area contributed by atoms with E-state index in [1.54, 1.807) is 0 Å². The lowest BCUT2D eigenvalue weighted by Crippen LogP contribution is -2.35. The van der Waals surface area contributed by atoms with Crippen LogP contribution < -0.4 is 5.32 Å². The molecule has 20 heavy (non-hydrogen) atoms. The van der Waals surface area contributed by atoms with E-state index in [2.05, 4.69) is 5.32 Å². The Morgan fingerprint density at radius 1 is 1.55 bits per heavy atom. The Labute approximate surface area is 121 Å². The molecule has 4 nitrogen and oxygen atoms in total. The van der Waals surface area contributed by atoms with Crippen LogP contribution in [0, 0.1) is 11.7 Å². The van der Waals surface area contributed by atoms with Crippen LogP contribution in [-0.2, 0) is 4.74 Å². The Kier molecular flexibility index (Phi) is 5.34. The van der Waals surface area contributed by atoms with Gasteiger partial charge in [-0.05, 0) is 30.9 Å². The van der Waals surface area contributed by atoms with E-state index in [1.807, 2.05) is 0 Å². The molecule has 6 heteroatoms. The molecule has 2 N–H and O–H groups in total. The number of nitrogens with one attached hydrogen (secondary N) is 1. The molecule has 0 saturated heterocycles. The van der Waals surface area contributed by atoms with Crippen LogP contribution in [0.25, 0.3) is 0 Å². The Hall–Kier alpha value is -1.17. The van der Waals surface area contributed by atoms with Crippen molar-refractivity contribution in [2.75, 3.05) is 19.8 Å². The SMILES string of the molecule is O=C(NCC(O)COCC1CC1)c1c(F)cccc1Cl. The van der Waals surface area contributed by atoms with Gasteiger partial charge in [0.2, 0.25) is 0 Å². The van der Waals surface area contributed by atoms with Gasteiger partial charge in [-0.1, -0.05) is 17.7 Å². The molecule has 110 valence electrons. The molecule has 0 aromatic heterocycles. The first-order valence-corrected chi connectivity index (χ1v) is 6.93. The Morgan fingerprint density at radius 3 is 2.95 bits per heavy atom. The number of aliphatic hydroxyl groups excluding tert-OH is 1. The summed E-state index contributed by atoms with van der Waals surface area (Å²) in [5.41, 5.74) is -0.208. The third-order valence-electron chi connectivity index (χ3n) is 3.05. The van der Waals surface area contributed by atoms with Gasteiger partial charge in [0.15, 0.2) is 0 Å². The highest BCUT2D eigenvalue weighted by Crippen LogP contribution is 2.28. The van der Waals surface area contributed by atoms with Crippen molar-refractivity contribution in [1.29, 1.82) is 0 Å². The van der Waals surface area contributed by atoms with E-state index in [0.29, 0.717) is 12.5 Å². The average Bonchev–Trinajstić information content (AvgIpc) is 3.20. The maximum absolute atomic E-state index is 13.5. The second-order valence-electron chi connectivity index (χ2n) is 4.94. The number of hydrogen-bond acceptors (Lipinski definition) is 3. The first kappa shape index (κ1) is 15.2. The summed E-state index contributed by atoms with van der Waals surface area (Å²) >= 11 is 5.78. The Morgan fingerprint density at radius 2 is 2.30 bits per heavy atom. The van der Waals surface area contributed by atoms with Crippen molar-refractivity contribution in [2.24, 2.45) is 5.92 Å². The number of halogens is 2. The molecule has 1 saturated carbocycles. The van der Waals surface area contributed by atoms with Gasteiger partial charge in [-0.15, -0.1) is 0 Å². The quantitative estimate of drug-likeness (QED) is 0.810. The molecule has 0 bridgehead atoms. The fraction of sp³-hybridized carbons (Fsp3) is 0.500. The third-order valence-corrected chi connectivity index (χ3v) is 3.36. The molecule has 0 heterocycles. The summed E-state index contributed by atoms with van der Waals surface area (Å²) in [5.74, 6) is -0.710. The maximum Gasteiger partial charge on any atom is 0.255 e. The molecule has 1 amide bonds. The summed E-state index contributed by atoms with van der Waals surface area (Å²) in [6.45, 7) is 0.792. The van der Waals surface area contributed by atoms with Crippen LogP contribution >= 0.6 is 11.6 Å². The van der Waals surface area contributed by atoms with E-state index in [1.165, 1.54) is 25.0 Å². The predicted molar refractivity (Wildman–Crippen MR) is 73.3 cm³/mol. The summed E-state index contributed by atoms with van der Waals surface area (Å²) in [7, 11) is 0. The van der Waals surface area contributed by atoms with Gasteiger partial charge < -0.3 is 15.2 Å². The van der Waals surface area contributed by atoms with E-state index >= 15 is 0 Å². The van der Waals surface area contributed by atoms with Gasteiger partial charge in [-0.2, -0.15) is 0 Å². The Bertz CT molecular complexity index is 459. The van der Waals surface area contributed by atoms with Gasteiger partial charge in [0.05, 0.1) is 23.3 Å². The predicted octanol–water partition coefficient (Wildman–Crippen LogP) is 2.00. The van der Waals surface area contributed by atoms with E-state index in [-0.39, 0.29) is 23.7 Å². The van der Waals surface area contributed by atoms with Crippen LogP contribution in [-0.4, -0.2) is 36.9 Å². The highest BCUT2D eigenvalue weighted by atomic mass is 35.5. The summed E-state index contributed by atoms with van der Waals surface area (Å²) in [6.07, 6.45) is 1.54. The summed E-state index contributed by atoms with van der Waals surface area (Å²) in [4.78, 5) is 11.8. The maximum atomic E-state index is 13.5. The van der Waals surface area contributed by atoms with Gasteiger partial charge in [0, 0.05) is 13.2 Å². The molecule has 1 aromatic rings. The number of amides is 1. The standard InChI is InChI=1S/C14H17ClFNO3/c15-11-2-1-3-12(16)13(11)14(19)17-6-10(18)8-20-7-9-4-5-9/h1-3,9-10,18H,4-8H2,(H,17,19). The van der Waals surface area contributed by atoms with Crippen molar-refractivity contribution >= 4 is 17.5 Å². The number of hydrogen-bond donors (Lipinski definition) is 2. The second kappa shape index (κ2) is 7.02. The molecule has 0 spiro atoms. The lowest BCUT2D eigenvalue weighted by Gasteiger charge is -2.13. The summed E-state index contributed by atoms with van der Waals surface area (Å²) < 4.78 is 18.8. The highest BCUT2D eigenvalue weighted by Gasteiger charge is 2.22. The van der Waals surface area contributed by atoms with Crippen molar-refractivity contribution in [3.05, 3.63) is 34.6 Å². The van der Waals surface area contributed by atoms with Crippen LogP contribution in [0.5, 0.6) is 0 Å². The van der Waals surface area contributed by atoms with Crippen LogP contribution in [0.4, 0.5) is 4.39 Å². The lowest BCUT2D eigenvalue weighted by molar-refractivity contribution is 0.0320. The zero-order valence-electron chi connectivity index (χ0n) is 10.9. The molecule has 1 aliphatic carbocycles. The van der Waals surface area contributed by atoms with Crippen LogP contribution in [0.3, 0.4) is 0 Å². The normalized spacial score (nSPS) is 15.9. The summed E-state index contributed by atoms with van der Waals surface area (Å²) in [5, 5.41) is 12.1. The molecule has 1 aliphatic rings. The van der Waals surface area contributed by atoms with Crippen LogP contribution in [0.1, 0.15) is 23.2 Å². The number of aliphatic hydroxyl groups is 1. The molecule has 2 rings (SSSR count). The van der Waals surface area contributed by atoms with E-state index < -0.39 is 17.8 Å². The first-order valence-electron chi connectivity index (χ1n) is 6.56. The minimum Gasteiger partial charge on any atom is -0.389 e. The van der Waals surface area contributed by atoms with E-state index in [0.717, 1.165) is 6.07 Å².